The van der Waals surface area contributed by atoms with E-state index in [-0.39, 0.29) is 6.10 Å². The lowest BCUT2D eigenvalue weighted by Crippen LogP contribution is -3.16. The molecule has 6 rings (SSSR count). The Morgan fingerprint density at radius 2 is 1.62 bits per heavy atom. The van der Waals surface area contributed by atoms with Crippen LogP contribution in [-0.4, -0.2) is 57.1 Å². The molecule has 1 aromatic carbocycles. The van der Waals surface area contributed by atoms with Crippen molar-refractivity contribution in [1.82, 2.24) is 0 Å². The van der Waals surface area contributed by atoms with E-state index < -0.39 is 0 Å². The van der Waals surface area contributed by atoms with Gasteiger partial charge < -0.3 is 19.6 Å². The Labute approximate surface area is 176 Å². The third-order valence-corrected chi connectivity index (χ3v) is 8.37. The Bertz CT molecular complexity index is 621. The highest BCUT2D eigenvalue weighted by atomic mass is 16.5. The van der Waals surface area contributed by atoms with E-state index >= 15 is 0 Å². The minimum atomic E-state index is -0.329. The molecule has 0 amide bonds. The quantitative estimate of drug-likeness (QED) is 0.659. The topological polar surface area (TPSA) is 37.1 Å². The average molecular weight is 400 g/mol. The second kappa shape index (κ2) is 8.56. The molecule has 160 valence electrons. The van der Waals surface area contributed by atoms with Crippen LogP contribution in [0, 0.1) is 23.2 Å². The molecular formula is C25H39N2O2+. The number of hydrogen-bond acceptors (Lipinski definition) is 3. The van der Waals surface area contributed by atoms with Gasteiger partial charge in [0.1, 0.15) is 12.6 Å². The van der Waals surface area contributed by atoms with Crippen molar-refractivity contribution < 1.29 is 14.7 Å². The van der Waals surface area contributed by atoms with Gasteiger partial charge in [0, 0.05) is 12.3 Å². The van der Waals surface area contributed by atoms with Crippen LogP contribution in [-0.2, 0) is 4.74 Å². The molecule has 5 fully saturated rings. The van der Waals surface area contributed by atoms with Crippen LogP contribution in [0.25, 0.3) is 0 Å². The number of para-hydroxylation sites is 1. The number of rotatable bonds is 8. The minimum Gasteiger partial charge on any atom is -0.385 e. The van der Waals surface area contributed by atoms with Gasteiger partial charge in [-0.3, -0.25) is 0 Å². The summed E-state index contributed by atoms with van der Waals surface area (Å²) >= 11 is 0. The molecule has 4 bridgehead atoms. The molecule has 4 aliphatic carbocycles. The summed E-state index contributed by atoms with van der Waals surface area (Å²) in [5, 5.41) is 10.5. The molecule has 1 aliphatic heterocycles. The van der Waals surface area contributed by atoms with Crippen molar-refractivity contribution in [3.05, 3.63) is 30.3 Å². The van der Waals surface area contributed by atoms with E-state index in [1.54, 1.807) is 0 Å². The number of hydrogen-bond donors (Lipinski definition) is 2. The molecule has 29 heavy (non-hydrogen) atoms. The maximum atomic E-state index is 10.5. The number of nitrogens with zero attached hydrogens (tertiary/aromatic N) is 1. The highest BCUT2D eigenvalue weighted by Gasteiger charge is 2.50. The fraction of sp³-hybridized carbons (Fsp3) is 0.760. The number of quaternary nitrogens is 1. The van der Waals surface area contributed by atoms with Crippen LogP contribution in [0.1, 0.15) is 44.9 Å². The summed E-state index contributed by atoms with van der Waals surface area (Å²) in [5.41, 5.74) is 1.92. The molecule has 1 saturated heterocycles. The lowest BCUT2D eigenvalue weighted by atomic mass is 9.49. The van der Waals surface area contributed by atoms with Gasteiger partial charge in [0.2, 0.25) is 0 Å². The Morgan fingerprint density at radius 1 is 1.00 bits per heavy atom. The third-order valence-electron chi connectivity index (χ3n) is 8.37. The summed E-state index contributed by atoms with van der Waals surface area (Å²) in [6.07, 6.45) is 9.82. The first kappa shape index (κ1) is 19.8. The van der Waals surface area contributed by atoms with Crippen molar-refractivity contribution in [2.24, 2.45) is 23.2 Å². The molecule has 4 nitrogen and oxygen atoms in total. The first-order valence-electron chi connectivity index (χ1n) is 12.1. The van der Waals surface area contributed by atoms with Crippen LogP contribution in [0.15, 0.2) is 30.3 Å². The zero-order valence-corrected chi connectivity index (χ0v) is 17.9. The highest BCUT2D eigenvalue weighted by Crippen LogP contribution is 2.61. The van der Waals surface area contributed by atoms with E-state index in [2.05, 4.69) is 35.2 Å². The zero-order valence-electron chi connectivity index (χ0n) is 17.9. The van der Waals surface area contributed by atoms with Gasteiger partial charge in [-0.15, -0.1) is 0 Å². The Kier molecular flexibility index (Phi) is 5.86. The van der Waals surface area contributed by atoms with Crippen LogP contribution in [0.2, 0.25) is 0 Å². The highest BCUT2D eigenvalue weighted by molar-refractivity contribution is 5.46. The second-order valence-electron chi connectivity index (χ2n) is 10.7. The van der Waals surface area contributed by atoms with Crippen molar-refractivity contribution in [1.29, 1.82) is 0 Å². The van der Waals surface area contributed by atoms with Gasteiger partial charge in [-0.25, -0.2) is 0 Å². The van der Waals surface area contributed by atoms with Crippen LogP contribution in [0.3, 0.4) is 0 Å². The van der Waals surface area contributed by atoms with Crippen LogP contribution in [0.5, 0.6) is 0 Å². The lowest BCUT2D eigenvalue weighted by Gasteiger charge is -2.57. The van der Waals surface area contributed by atoms with Crippen LogP contribution >= 0.6 is 0 Å². The summed E-state index contributed by atoms with van der Waals surface area (Å²) in [7, 11) is 0. The number of benzene rings is 1. The van der Waals surface area contributed by atoms with E-state index in [1.165, 1.54) is 55.5 Å². The normalized spacial score (nSPS) is 35.2. The monoisotopic (exact) mass is 399 g/mol. The van der Waals surface area contributed by atoms with E-state index in [0.29, 0.717) is 12.0 Å². The molecule has 4 saturated carbocycles. The molecular weight excluding hydrogens is 360 g/mol. The first-order valence-corrected chi connectivity index (χ1v) is 12.1. The summed E-state index contributed by atoms with van der Waals surface area (Å²) < 4.78 is 5.99. The van der Waals surface area contributed by atoms with E-state index in [1.807, 2.05) is 0 Å². The number of aliphatic hydroxyl groups is 1. The maximum Gasteiger partial charge on any atom is 0.126 e. The molecule has 2 N–H and O–H groups in total. The molecule has 1 atom stereocenters. The van der Waals surface area contributed by atoms with Gasteiger partial charge in [0.25, 0.3) is 0 Å². The minimum absolute atomic E-state index is 0.329. The van der Waals surface area contributed by atoms with Crippen LogP contribution < -0.4 is 9.80 Å². The van der Waals surface area contributed by atoms with Gasteiger partial charge >= 0.3 is 0 Å². The van der Waals surface area contributed by atoms with Gasteiger partial charge in [-0.2, -0.15) is 0 Å². The second-order valence-corrected chi connectivity index (χ2v) is 10.7. The first-order chi connectivity index (χ1) is 14.2. The van der Waals surface area contributed by atoms with Gasteiger partial charge in [-0.05, 0) is 80.2 Å². The molecule has 1 heterocycles. The number of anilines is 1. The van der Waals surface area contributed by atoms with E-state index in [4.69, 9.17) is 4.74 Å². The number of nitrogens with one attached hydrogen (secondary N) is 1. The molecule has 4 heteroatoms. The molecule has 0 radical (unpaired) electrons. The van der Waals surface area contributed by atoms with E-state index in [0.717, 1.165) is 57.1 Å². The Morgan fingerprint density at radius 3 is 2.24 bits per heavy atom. The summed E-state index contributed by atoms with van der Waals surface area (Å²) in [4.78, 5) is 3.96. The molecule has 5 aliphatic rings. The predicted molar refractivity (Wildman–Crippen MR) is 116 cm³/mol. The summed E-state index contributed by atoms with van der Waals surface area (Å²) in [5.74, 6) is 3.06. The Balaban J connectivity index is 0.995. The van der Waals surface area contributed by atoms with Crippen molar-refractivity contribution in [3.8, 4) is 0 Å². The number of aliphatic hydroxyl groups excluding tert-OH is 1. The maximum absolute atomic E-state index is 10.5. The van der Waals surface area contributed by atoms with Crippen molar-refractivity contribution in [2.75, 3.05) is 50.8 Å². The largest absolute Gasteiger partial charge is 0.385 e. The van der Waals surface area contributed by atoms with E-state index in [9.17, 15) is 5.11 Å². The van der Waals surface area contributed by atoms with Crippen LogP contribution in [0.4, 0.5) is 5.69 Å². The lowest BCUT2D eigenvalue weighted by molar-refractivity contribution is -0.903. The van der Waals surface area contributed by atoms with Gasteiger partial charge in [0.05, 0.1) is 32.8 Å². The van der Waals surface area contributed by atoms with Crippen molar-refractivity contribution >= 4 is 5.69 Å². The predicted octanol–water partition coefficient (Wildman–Crippen LogP) is 2.38. The summed E-state index contributed by atoms with van der Waals surface area (Å²) in [6, 6.07) is 10.7. The molecule has 0 unspecified atom stereocenters. The average Bonchev–Trinajstić information content (AvgIpc) is 2.71. The number of piperazine rings is 1. The Hall–Kier alpha value is -1.10. The van der Waals surface area contributed by atoms with Crippen molar-refractivity contribution in [2.45, 2.75) is 51.0 Å². The fourth-order valence-corrected chi connectivity index (χ4v) is 7.42. The molecule has 0 aromatic heterocycles. The van der Waals surface area contributed by atoms with Gasteiger partial charge in [0.15, 0.2) is 0 Å². The van der Waals surface area contributed by atoms with Crippen molar-refractivity contribution in [3.63, 3.8) is 0 Å². The SMILES string of the molecule is O[C@H](COCCC12CC3CC(CC(C3)C1)C2)C[NH+]1CCN(c2ccccc2)CC1. The smallest absolute Gasteiger partial charge is 0.126 e. The summed E-state index contributed by atoms with van der Waals surface area (Å²) in [6.45, 7) is 6.51. The fourth-order valence-electron chi connectivity index (χ4n) is 7.42. The third kappa shape index (κ3) is 4.65. The number of ether oxygens (including phenoxy) is 1. The standard InChI is InChI=1S/C25H38N2O2/c28-24(18-26-7-9-27(10-8-26)23-4-2-1-3-5-23)19-29-11-6-25-15-20-12-21(16-25)14-22(13-20)17-25/h1-5,20-22,24,28H,6-19H2/p+1/t20?,21?,22?,24-,25?/m0/s1. The molecule has 1 aromatic rings. The zero-order chi connectivity index (χ0) is 19.7. The molecule has 0 spiro atoms. The van der Waals surface area contributed by atoms with Gasteiger partial charge in [-0.1, -0.05) is 18.2 Å².